The van der Waals surface area contributed by atoms with Crippen LogP contribution < -0.4 is 14.8 Å². The number of carbonyl (C=O) groups excluding carboxylic acids is 1. The Balaban J connectivity index is 1.83. The Morgan fingerprint density at radius 3 is 2.38 bits per heavy atom. The first kappa shape index (κ1) is 23.8. The molecule has 0 unspecified atom stereocenters. The van der Waals surface area contributed by atoms with Crippen molar-refractivity contribution in [1.82, 2.24) is 14.6 Å². The van der Waals surface area contributed by atoms with Crippen LogP contribution in [0, 0.1) is 0 Å². The number of halogens is 5. The number of aromatic nitrogens is 3. The molecular formula is C22H15BrClF3N4O3. The molecule has 176 valence electrons. The predicted molar refractivity (Wildman–Crippen MR) is 124 cm³/mol. The topological polar surface area (TPSA) is 77.8 Å². The number of hydrogen-bond donors (Lipinski definition) is 1. The van der Waals surface area contributed by atoms with Gasteiger partial charge in [0.05, 0.1) is 36.8 Å². The highest BCUT2D eigenvalue weighted by atomic mass is 79.9. The minimum Gasteiger partial charge on any atom is -0.495 e. The fourth-order valence-electron chi connectivity index (χ4n) is 3.24. The van der Waals surface area contributed by atoms with Gasteiger partial charge in [0.25, 0.3) is 5.91 Å². The molecule has 0 spiro atoms. The van der Waals surface area contributed by atoms with Crippen molar-refractivity contribution in [2.24, 2.45) is 0 Å². The Morgan fingerprint density at radius 2 is 1.76 bits per heavy atom. The Hall–Kier alpha value is -3.31. The van der Waals surface area contributed by atoms with Crippen molar-refractivity contribution in [2.45, 2.75) is 6.18 Å². The monoisotopic (exact) mass is 554 g/mol. The lowest BCUT2D eigenvalue weighted by Crippen LogP contribution is -2.16. The molecule has 0 saturated carbocycles. The number of alkyl halides is 3. The first-order valence-corrected chi connectivity index (χ1v) is 10.7. The van der Waals surface area contributed by atoms with Crippen LogP contribution in [0.25, 0.3) is 16.9 Å². The van der Waals surface area contributed by atoms with E-state index in [0.29, 0.717) is 10.1 Å². The van der Waals surface area contributed by atoms with Gasteiger partial charge in [0, 0.05) is 22.2 Å². The third-order valence-corrected chi connectivity index (χ3v) is 5.69. The molecule has 2 aromatic heterocycles. The highest BCUT2D eigenvalue weighted by molar-refractivity contribution is 9.10. The minimum atomic E-state index is -4.74. The van der Waals surface area contributed by atoms with E-state index >= 15 is 0 Å². The molecule has 34 heavy (non-hydrogen) atoms. The number of hydrogen-bond acceptors (Lipinski definition) is 5. The van der Waals surface area contributed by atoms with E-state index in [-0.39, 0.29) is 39.1 Å². The van der Waals surface area contributed by atoms with Crippen molar-refractivity contribution in [3.63, 3.8) is 0 Å². The van der Waals surface area contributed by atoms with E-state index in [1.54, 1.807) is 24.3 Å². The third kappa shape index (κ3) is 4.53. The number of ether oxygens (including phenoxy) is 2. The minimum absolute atomic E-state index is 0.0348. The summed E-state index contributed by atoms with van der Waals surface area (Å²) in [6.07, 6.45) is -3.71. The molecule has 1 amide bonds. The van der Waals surface area contributed by atoms with Crippen molar-refractivity contribution < 1.29 is 27.4 Å². The summed E-state index contributed by atoms with van der Waals surface area (Å²) < 4.78 is 53.2. The molecule has 0 aliphatic carbocycles. The van der Waals surface area contributed by atoms with Gasteiger partial charge in [-0.25, -0.2) is 9.50 Å². The second-order valence-electron chi connectivity index (χ2n) is 6.97. The molecule has 1 N–H and O–H groups in total. The summed E-state index contributed by atoms with van der Waals surface area (Å²) in [5, 5.41) is 6.63. The molecule has 4 aromatic rings. The van der Waals surface area contributed by atoms with E-state index in [4.69, 9.17) is 21.1 Å². The maximum atomic E-state index is 13.8. The van der Waals surface area contributed by atoms with Gasteiger partial charge in [-0.1, -0.05) is 39.7 Å². The van der Waals surface area contributed by atoms with Gasteiger partial charge in [0.2, 0.25) is 0 Å². The molecule has 2 heterocycles. The molecule has 7 nitrogen and oxygen atoms in total. The van der Waals surface area contributed by atoms with Gasteiger partial charge in [-0.2, -0.15) is 18.3 Å². The fraction of sp³-hybridized carbons (Fsp3) is 0.136. The average Bonchev–Trinajstić information content (AvgIpc) is 3.23. The second kappa shape index (κ2) is 9.15. The second-order valence-corrected chi connectivity index (χ2v) is 8.29. The summed E-state index contributed by atoms with van der Waals surface area (Å²) in [6.45, 7) is 0. The van der Waals surface area contributed by atoms with Crippen LogP contribution in [0.15, 0.2) is 53.1 Å². The lowest BCUT2D eigenvalue weighted by atomic mass is 10.1. The summed E-state index contributed by atoms with van der Waals surface area (Å²) >= 11 is 9.38. The highest BCUT2D eigenvalue weighted by Crippen LogP contribution is 2.37. The first-order valence-electron chi connectivity index (χ1n) is 9.57. The van der Waals surface area contributed by atoms with Crippen LogP contribution in [-0.2, 0) is 6.18 Å². The zero-order valence-electron chi connectivity index (χ0n) is 17.6. The zero-order chi connectivity index (χ0) is 24.6. The smallest absolute Gasteiger partial charge is 0.433 e. The van der Waals surface area contributed by atoms with Gasteiger partial charge in [0.15, 0.2) is 11.3 Å². The fourth-order valence-corrected chi connectivity index (χ4v) is 3.74. The van der Waals surface area contributed by atoms with Crippen molar-refractivity contribution in [2.75, 3.05) is 19.5 Å². The van der Waals surface area contributed by atoms with Gasteiger partial charge in [0.1, 0.15) is 17.1 Å². The number of fused-ring (bicyclic) bond motifs is 1. The average molecular weight is 556 g/mol. The quantitative estimate of drug-likeness (QED) is 0.322. The molecule has 4 rings (SSSR count). The molecule has 0 aliphatic rings. The largest absolute Gasteiger partial charge is 0.495 e. The van der Waals surface area contributed by atoms with Crippen LogP contribution in [0.2, 0.25) is 5.02 Å². The van der Waals surface area contributed by atoms with Crippen molar-refractivity contribution in [1.29, 1.82) is 0 Å². The molecule has 0 saturated heterocycles. The van der Waals surface area contributed by atoms with Crippen LogP contribution in [0.3, 0.4) is 0 Å². The molecule has 2 aromatic carbocycles. The normalized spacial score (nSPS) is 11.5. The lowest BCUT2D eigenvalue weighted by Gasteiger charge is -2.13. The van der Waals surface area contributed by atoms with Gasteiger partial charge in [-0.15, -0.1) is 0 Å². The number of nitrogens with zero attached hydrogens (tertiary/aromatic N) is 3. The number of rotatable bonds is 5. The van der Waals surface area contributed by atoms with Crippen molar-refractivity contribution >= 4 is 44.8 Å². The Labute approximate surface area is 204 Å². The van der Waals surface area contributed by atoms with Gasteiger partial charge < -0.3 is 14.8 Å². The number of methoxy groups -OCH3 is 2. The van der Waals surface area contributed by atoms with Crippen LogP contribution in [0.1, 0.15) is 16.1 Å². The van der Waals surface area contributed by atoms with E-state index in [1.807, 2.05) is 0 Å². The summed E-state index contributed by atoms with van der Waals surface area (Å²) in [6, 6.07) is 10.4. The van der Waals surface area contributed by atoms with Crippen LogP contribution in [-0.4, -0.2) is 34.7 Å². The van der Waals surface area contributed by atoms with E-state index in [9.17, 15) is 18.0 Å². The summed E-state index contributed by atoms with van der Waals surface area (Å²) in [7, 11) is 2.78. The van der Waals surface area contributed by atoms with Crippen LogP contribution >= 0.6 is 27.5 Å². The van der Waals surface area contributed by atoms with Gasteiger partial charge in [-0.05, 0) is 18.2 Å². The molecule has 0 aliphatic heterocycles. The van der Waals surface area contributed by atoms with Crippen LogP contribution in [0.5, 0.6) is 11.5 Å². The summed E-state index contributed by atoms with van der Waals surface area (Å²) in [4.78, 5) is 17.4. The molecule has 0 fully saturated rings. The van der Waals surface area contributed by atoms with Gasteiger partial charge in [-0.3, -0.25) is 4.79 Å². The summed E-state index contributed by atoms with van der Waals surface area (Å²) in [5.74, 6) is -0.242. The molecule has 0 atom stereocenters. The third-order valence-electron chi connectivity index (χ3n) is 4.87. The lowest BCUT2D eigenvalue weighted by molar-refractivity contribution is -0.142. The maximum absolute atomic E-state index is 13.8. The first-order chi connectivity index (χ1) is 16.1. The molecule has 12 heteroatoms. The maximum Gasteiger partial charge on any atom is 0.433 e. The number of amides is 1. The Kier molecular flexibility index (Phi) is 6.41. The van der Waals surface area contributed by atoms with Crippen molar-refractivity contribution in [3.05, 3.63) is 69.4 Å². The SMILES string of the molecule is COc1cc(NC(=O)c2cnn3c(C(F)(F)F)cc(-c4ccc(Br)cc4)nc23)c(OC)cc1Cl. The molecule has 0 radical (unpaired) electrons. The summed E-state index contributed by atoms with van der Waals surface area (Å²) in [5.41, 5.74) is -0.820. The Bertz CT molecular complexity index is 1390. The van der Waals surface area contributed by atoms with E-state index in [2.05, 4.69) is 31.3 Å². The number of anilines is 1. The van der Waals surface area contributed by atoms with Crippen LogP contribution in [0.4, 0.5) is 18.9 Å². The van der Waals surface area contributed by atoms with E-state index < -0.39 is 17.8 Å². The zero-order valence-corrected chi connectivity index (χ0v) is 19.9. The molecule has 0 bridgehead atoms. The highest BCUT2D eigenvalue weighted by Gasteiger charge is 2.36. The standard InChI is InChI=1S/C22H15BrClF3N4O3/c1-33-17-8-16(18(34-2)7-14(17)24)30-21(32)13-10-28-31-19(22(25,26)27)9-15(29-20(13)31)11-3-5-12(23)6-4-11/h3-10H,1-2H3,(H,30,32). The number of carbonyl (C=O) groups is 1. The number of nitrogens with one attached hydrogen (secondary N) is 1. The predicted octanol–water partition coefficient (Wildman–Crippen LogP) is 6.10. The Morgan fingerprint density at radius 1 is 1.09 bits per heavy atom. The van der Waals surface area contributed by atoms with Gasteiger partial charge >= 0.3 is 6.18 Å². The molecular weight excluding hydrogens is 541 g/mol. The van der Waals surface area contributed by atoms with E-state index in [0.717, 1.165) is 16.7 Å². The van der Waals surface area contributed by atoms with Crippen molar-refractivity contribution in [3.8, 4) is 22.8 Å². The number of benzene rings is 2. The van der Waals surface area contributed by atoms with E-state index in [1.165, 1.54) is 26.4 Å².